The van der Waals surface area contributed by atoms with Crippen LogP contribution in [0.25, 0.3) is 0 Å². The predicted molar refractivity (Wildman–Crippen MR) is 76.3 cm³/mol. The molecule has 5 nitrogen and oxygen atoms in total. The summed E-state index contributed by atoms with van der Waals surface area (Å²) in [7, 11) is -2.18. The fraction of sp³-hybridized carbons (Fsp3) is 0.500. The molecule has 108 valence electrons. The smallest absolute Gasteiger partial charge is 0.242 e. The molecule has 0 spiro atoms. The molecule has 0 radical (unpaired) electrons. The van der Waals surface area contributed by atoms with Gasteiger partial charge >= 0.3 is 0 Å². The SMILES string of the molecule is COCC(C)(C)NS(=O)(=O)c1cc(CO)ccc1Br. The Morgan fingerprint density at radius 1 is 1.42 bits per heavy atom. The molecule has 0 unspecified atom stereocenters. The second-order valence-electron chi connectivity index (χ2n) is 4.85. The van der Waals surface area contributed by atoms with E-state index in [0.29, 0.717) is 10.0 Å². The maximum atomic E-state index is 12.3. The first-order valence-electron chi connectivity index (χ1n) is 5.64. The summed E-state index contributed by atoms with van der Waals surface area (Å²) in [6, 6.07) is 4.70. The number of nitrogens with one attached hydrogen (secondary N) is 1. The van der Waals surface area contributed by atoms with Gasteiger partial charge in [0.15, 0.2) is 0 Å². The Kier molecular flexibility index (Phi) is 5.52. The summed E-state index contributed by atoms with van der Waals surface area (Å²) in [5.74, 6) is 0. The molecular formula is C12H18BrNO4S. The number of ether oxygens (including phenoxy) is 1. The van der Waals surface area contributed by atoms with Gasteiger partial charge in [-0.3, -0.25) is 0 Å². The van der Waals surface area contributed by atoms with Crippen LogP contribution >= 0.6 is 15.9 Å². The lowest BCUT2D eigenvalue weighted by Gasteiger charge is -2.25. The predicted octanol–water partition coefficient (Wildman–Crippen LogP) is 1.64. The molecule has 7 heteroatoms. The molecule has 1 rings (SSSR count). The number of hydrogen-bond donors (Lipinski definition) is 2. The summed E-state index contributed by atoms with van der Waals surface area (Å²) in [5, 5.41) is 9.08. The van der Waals surface area contributed by atoms with Gasteiger partial charge in [0, 0.05) is 11.6 Å². The molecule has 0 aromatic heterocycles. The monoisotopic (exact) mass is 351 g/mol. The van der Waals surface area contributed by atoms with Gasteiger partial charge in [-0.15, -0.1) is 0 Å². The molecule has 2 N–H and O–H groups in total. The van der Waals surface area contributed by atoms with Crippen LogP contribution in [0.3, 0.4) is 0 Å². The Balaban J connectivity index is 3.13. The zero-order valence-corrected chi connectivity index (χ0v) is 13.5. The van der Waals surface area contributed by atoms with Gasteiger partial charge in [-0.1, -0.05) is 6.07 Å². The van der Waals surface area contributed by atoms with Crippen LogP contribution in [0.2, 0.25) is 0 Å². The highest BCUT2D eigenvalue weighted by molar-refractivity contribution is 9.10. The third-order valence-corrected chi connectivity index (χ3v) is 5.08. The Hall–Kier alpha value is -0.470. The molecule has 0 aliphatic rings. The molecule has 0 fully saturated rings. The van der Waals surface area contributed by atoms with E-state index in [1.54, 1.807) is 26.0 Å². The van der Waals surface area contributed by atoms with Gasteiger partial charge in [-0.05, 0) is 47.5 Å². The average molecular weight is 352 g/mol. The molecule has 0 heterocycles. The zero-order chi connectivity index (χ0) is 14.7. The maximum Gasteiger partial charge on any atom is 0.242 e. The Morgan fingerprint density at radius 2 is 2.05 bits per heavy atom. The van der Waals surface area contributed by atoms with Crippen LogP contribution in [0.15, 0.2) is 27.6 Å². The van der Waals surface area contributed by atoms with E-state index < -0.39 is 15.6 Å². The molecule has 1 aromatic rings. The van der Waals surface area contributed by atoms with E-state index in [4.69, 9.17) is 9.84 Å². The summed E-state index contributed by atoms with van der Waals surface area (Å²) >= 11 is 3.21. The van der Waals surface area contributed by atoms with E-state index in [9.17, 15) is 8.42 Å². The minimum atomic E-state index is -3.69. The third-order valence-electron chi connectivity index (χ3n) is 2.38. The summed E-state index contributed by atoms with van der Waals surface area (Å²) in [6.07, 6.45) is 0. The number of sulfonamides is 1. The van der Waals surface area contributed by atoms with Gasteiger partial charge in [-0.25, -0.2) is 13.1 Å². The van der Waals surface area contributed by atoms with E-state index in [-0.39, 0.29) is 18.1 Å². The van der Waals surface area contributed by atoms with Gasteiger partial charge in [0.1, 0.15) is 0 Å². The highest BCUT2D eigenvalue weighted by Gasteiger charge is 2.27. The Labute approximate surface area is 122 Å². The third kappa shape index (κ3) is 4.54. The van der Waals surface area contributed by atoms with Gasteiger partial charge in [0.2, 0.25) is 10.0 Å². The largest absolute Gasteiger partial charge is 0.392 e. The fourth-order valence-corrected chi connectivity index (χ4v) is 4.07. The van der Waals surface area contributed by atoms with E-state index in [1.807, 2.05) is 0 Å². The summed E-state index contributed by atoms with van der Waals surface area (Å²) in [6.45, 7) is 3.51. The number of methoxy groups -OCH3 is 1. The van der Waals surface area contributed by atoms with Gasteiger partial charge in [-0.2, -0.15) is 0 Å². The number of halogens is 1. The minimum absolute atomic E-state index is 0.100. The average Bonchev–Trinajstić information content (AvgIpc) is 2.27. The second-order valence-corrected chi connectivity index (χ2v) is 7.35. The number of aliphatic hydroxyl groups excluding tert-OH is 1. The quantitative estimate of drug-likeness (QED) is 0.816. The maximum absolute atomic E-state index is 12.3. The topological polar surface area (TPSA) is 75.6 Å². The van der Waals surface area contributed by atoms with Crippen LogP contribution in [-0.4, -0.2) is 32.8 Å². The van der Waals surface area contributed by atoms with Crippen LogP contribution in [0.1, 0.15) is 19.4 Å². The van der Waals surface area contributed by atoms with Gasteiger partial charge in [0.25, 0.3) is 0 Å². The number of aliphatic hydroxyl groups is 1. The second kappa shape index (κ2) is 6.32. The Bertz CT molecular complexity index is 543. The summed E-state index contributed by atoms with van der Waals surface area (Å²) in [4.78, 5) is 0.100. The van der Waals surface area contributed by atoms with Crippen molar-refractivity contribution in [3.8, 4) is 0 Å². The molecule has 0 aliphatic heterocycles. The van der Waals surface area contributed by atoms with Crippen molar-refractivity contribution in [3.63, 3.8) is 0 Å². The van der Waals surface area contributed by atoms with Crippen molar-refractivity contribution < 1.29 is 18.3 Å². The zero-order valence-electron chi connectivity index (χ0n) is 11.1. The van der Waals surface area contributed by atoms with Crippen molar-refractivity contribution in [2.45, 2.75) is 30.9 Å². The normalized spacial score (nSPS) is 12.7. The molecular weight excluding hydrogens is 334 g/mol. The molecule has 1 aromatic carbocycles. The van der Waals surface area contributed by atoms with Gasteiger partial charge in [0.05, 0.1) is 23.6 Å². The number of rotatable bonds is 6. The van der Waals surface area contributed by atoms with Crippen molar-refractivity contribution in [1.29, 1.82) is 0 Å². The highest BCUT2D eigenvalue weighted by Crippen LogP contribution is 2.24. The van der Waals surface area contributed by atoms with E-state index in [2.05, 4.69) is 20.7 Å². The highest BCUT2D eigenvalue weighted by atomic mass is 79.9. The van der Waals surface area contributed by atoms with Crippen LogP contribution in [0.5, 0.6) is 0 Å². The van der Waals surface area contributed by atoms with Crippen molar-refractivity contribution in [2.24, 2.45) is 0 Å². The lowest BCUT2D eigenvalue weighted by atomic mass is 10.1. The molecule has 0 amide bonds. The molecule has 0 saturated carbocycles. The summed E-state index contributed by atoms with van der Waals surface area (Å²) in [5.41, 5.74) is -0.185. The minimum Gasteiger partial charge on any atom is -0.392 e. The molecule has 0 saturated heterocycles. The van der Waals surface area contributed by atoms with E-state index in [1.165, 1.54) is 13.2 Å². The van der Waals surface area contributed by atoms with E-state index in [0.717, 1.165) is 0 Å². The van der Waals surface area contributed by atoms with Crippen molar-refractivity contribution in [2.75, 3.05) is 13.7 Å². The molecule has 19 heavy (non-hydrogen) atoms. The van der Waals surface area contributed by atoms with Crippen molar-refractivity contribution >= 4 is 26.0 Å². The van der Waals surface area contributed by atoms with Crippen LogP contribution < -0.4 is 4.72 Å². The summed E-state index contributed by atoms with van der Waals surface area (Å²) < 4.78 is 32.7. The lowest BCUT2D eigenvalue weighted by Crippen LogP contribution is -2.46. The molecule has 0 atom stereocenters. The van der Waals surface area contributed by atoms with Crippen LogP contribution in [0.4, 0.5) is 0 Å². The van der Waals surface area contributed by atoms with Crippen molar-refractivity contribution in [1.82, 2.24) is 4.72 Å². The van der Waals surface area contributed by atoms with Gasteiger partial charge < -0.3 is 9.84 Å². The Morgan fingerprint density at radius 3 is 2.58 bits per heavy atom. The van der Waals surface area contributed by atoms with E-state index >= 15 is 0 Å². The number of benzene rings is 1. The molecule has 0 bridgehead atoms. The lowest BCUT2D eigenvalue weighted by molar-refractivity contribution is 0.141. The number of hydrogen-bond acceptors (Lipinski definition) is 4. The molecule has 0 aliphatic carbocycles. The van der Waals surface area contributed by atoms with Crippen LogP contribution in [0, 0.1) is 0 Å². The first kappa shape index (κ1) is 16.6. The first-order valence-corrected chi connectivity index (χ1v) is 7.92. The van der Waals surface area contributed by atoms with Crippen molar-refractivity contribution in [3.05, 3.63) is 28.2 Å². The fourth-order valence-electron chi connectivity index (χ4n) is 1.66. The van der Waals surface area contributed by atoms with Crippen LogP contribution in [-0.2, 0) is 21.4 Å². The first-order chi connectivity index (χ1) is 8.72. The standard InChI is InChI=1S/C12H18BrNO4S/c1-12(2,8-18-3)14-19(16,17)11-6-9(7-15)4-5-10(11)13/h4-6,14-15H,7-8H2,1-3H3.